The Kier molecular flexibility index (Phi) is 6.83. The van der Waals surface area contributed by atoms with E-state index in [0.717, 1.165) is 25.7 Å². The van der Waals surface area contributed by atoms with E-state index in [-0.39, 0.29) is 41.7 Å². The van der Waals surface area contributed by atoms with Crippen LogP contribution in [0.15, 0.2) is 42.5 Å². The molecular formula is C32H32F2N6O2. The number of carbonyl (C=O) groups is 1. The molecule has 2 atom stereocenters. The standard InChI is InChI=1S/C32H32F2N6O2/c1-17-29(34)26(14-28-30(17)39(38-37-28)16-32(2,3)42)24-9-6-19(10-25(24)18-4-5-20(15-35)27(33)11-18)31(41)40-22-7-8-23(40)13-21(36)12-22/h4-6,9-11,14,21-23,42H,7-8,12-13,16,36H2,1-3H3. The number of piperidine rings is 1. The molecule has 216 valence electrons. The molecule has 2 aliphatic heterocycles. The first-order chi connectivity index (χ1) is 19.9. The van der Waals surface area contributed by atoms with E-state index in [1.807, 2.05) is 11.0 Å². The summed E-state index contributed by atoms with van der Waals surface area (Å²) in [5.41, 5.74) is 8.17. The second-order valence-electron chi connectivity index (χ2n) is 12.2. The molecule has 0 spiro atoms. The first-order valence-electron chi connectivity index (χ1n) is 14.1. The highest BCUT2D eigenvalue weighted by atomic mass is 19.1. The van der Waals surface area contributed by atoms with Crippen molar-refractivity contribution in [2.75, 3.05) is 0 Å². The van der Waals surface area contributed by atoms with Crippen molar-refractivity contribution < 1.29 is 18.7 Å². The van der Waals surface area contributed by atoms with E-state index >= 15 is 4.39 Å². The number of halogens is 2. The predicted molar refractivity (Wildman–Crippen MR) is 154 cm³/mol. The molecule has 0 saturated carbocycles. The van der Waals surface area contributed by atoms with Gasteiger partial charge in [0.15, 0.2) is 0 Å². The zero-order valence-corrected chi connectivity index (χ0v) is 23.7. The van der Waals surface area contributed by atoms with Gasteiger partial charge in [-0.15, -0.1) is 5.10 Å². The van der Waals surface area contributed by atoms with Crippen molar-refractivity contribution in [2.45, 2.75) is 76.7 Å². The van der Waals surface area contributed by atoms with Gasteiger partial charge in [0.2, 0.25) is 0 Å². The van der Waals surface area contributed by atoms with Crippen LogP contribution in [0.3, 0.4) is 0 Å². The zero-order chi connectivity index (χ0) is 29.9. The van der Waals surface area contributed by atoms with Crippen molar-refractivity contribution >= 4 is 16.9 Å². The van der Waals surface area contributed by atoms with Crippen LogP contribution in [-0.4, -0.2) is 54.6 Å². The van der Waals surface area contributed by atoms with Gasteiger partial charge in [-0.2, -0.15) is 5.26 Å². The van der Waals surface area contributed by atoms with E-state index in [1.54, 1.807) is 51.1 Å². The van der Waals surface area contributed by atoms with Crippen molar-refractivity contribution in [3.05, 3.63) is 70.8 Å². The quantitative estimate of drug-likeness (QED) is 0.345. The number of rotatable bonds is 5. The van der Waals surface area contributed by atoms with Crippen LogP contribution >= 0.6 is 0 Å². The van der Waals surface area contributed by atoms with E-state index < -0.39 is 17.2 Å². The third-order valence-electron chi connectivity index (χ3n) is 8.46. The van der Waals surface area contributed by atoms with Gasteiger partial charge in [0.25, 0.3) is 5.91 Å². The van der Waals surface area contributed by atoms with Crippen molar-refractivity contribution in [3.63, 3.8) is 0 Å². The first kappa shape index (κ1) is 27.9. The van der Waals surface area contributed by atoms with Crippen LogP contribution in [0.1, 0.15) is 61.0 Å². The minimum atomic E-state index is -1.09. The number of nitrogens with two attached hydrogens (primary N) is 1. The SMILES string of the molecule is Cc1c(F)c(-c2ccc(C(=O)N3C4CCC3CC(N)C4)cc2-c2ccc(C#N)c(F)c2)cc2nnn(CC(C)(C)O)c12. The Morgan fingerprint density at radius 3 is 2.45 bits per heavy atom. The summed E-state index contributed by atoms with van der Waals surface area (Å²) >= 11 is 0. The van der Waals surface area contributed by atoms with Gasteiger partial charge in [-0.25, -0.2) is 13.5 Å². The van der Waals surface area contributed by atoms with Gasteiger partial charge in [0.05, 0.1) is 23.2 Å². The Bertz CT molecular complexity index is 1760. The highest BCUT2D eigenvalue weighted by Crippen LogP contribution is 2.40. The highest BCUT2D eigenvalue weighted by molar-refractivity contribution is 5.99. The van der Waals surface area contributed by atoms with Gasteiger partial charge in [-0.3, -0.25) is 4.79 Å². The number of aliphatic hydroxyl groups is 1. The molecule has 42 heavy (non-hydrogen) atoms. The normalized spacial score (nSPS) is 20.2. The predicted octanol–water partition coefficient (Wildman–Crippen LogP) is 5.09. The number of carbonyl (C=O) groups excluding carboxylic acids is 1. The van der Waals surface area contributed by atoms with E-state index in [4.69, 9.17) is 5.73 Å². The number of hydrogen-bond acceptors (Lipinski definition) is 6. The molecule has 0 aliphatic carbocycles. The van der Waals surface area contributed by atoms with E-state index in [2.05, 4.69) is 10.3 Å². The number of aryl methyl sites for hydroxylation is 1. The van der Waals surface area contributed by atoms with E-state index in [1.165, 1.54) is 16.8 Å². The van der Waals surface area contributed by atoms with Crippen molar-refractivity contribution in [1.82, 2.24) is 19.9 Å². The maximum absolute atomic E-state index is 16.2. The van der Waals surface area contributed by atoms with Crippen molar-refractivity contribution in [2.24, 2.45) is 5.73 Å². The highest BCUT2D eigenvalue weighted by Gasteiger charge is 2.42. The van der Waals surface area contributed by atoms with Crippen LogP contribution in [0.2, 0.25) is 0 Å². The Balaban J connectivity index is 1.50. The van der Waals surface area contributed by atoms with Gasteiger partial charge >= 0.3 is 0 Å². The number of amides is 1. The molecule has 2 saturated heterocycles. The molecule has 2 fully saturated rings. The van der Waals surface area contributed by atoms with Crippen LogP contribution < -0.4 is 5.73 Å². The van der Waals surface area contributed by atoms with Gasteiger partial charge in [0.1, 0.15) is 23.2 Å². The number of nitriles is 1. The molecule has 2 bridgehead atoms. The minimum absolute atomic E-state index is 0.0775. The molecule has 2 unspecified atom stereocenters. The summed E-state index contributed by atoms with van der Waals surface area (Å²) in [6.07, 6.45) is 3.34. The topological polar surface area (TPSA) is 121 Å². The second kappa shape index (κ2) is 10.3. The monoisotopic (exact) mass is 570 g/mol. The lowest BCUT2D eigenvalue weighted by atomic mass is 9.90. The van der Waals surface area contributed by atoms with Crippen LogP contribution in [0, 0.1) is 29.9 Å². The van der Waals surface area contributed by atoms with Gasteiger partial charge in [-0.05, 0) is 93.5 Å². The molecule has 4 aromatic rings. The van der Waals surface area contributed by atoms with Crippen molar-refractivity contribution in [1.29, 1.82) is 5.26 Å². The van der Waals surface area contributed by atoms with Crippen molar-refractivity contribution in [3.8, 4) is 28.3 Å². The van der Waals surface area contributed by atoms with Crippen LogP contribution in [0.4, 0.5) is 8.78 Å². The molecular weight excluding hydrogens is 538 g/mol. The molecule has 1 aromatic heterocycles. The maximum Gasteiger partial charge on any atom is 0.254 e. The molecule has 0 radical (unpaired) electrons. The lowest BCUT2D eigenvalue weighted by Crippen LogP contribution is -2.50. The summed E-state index contributed by atoms with van der Waals surface area (Å²) in [4.78, 5) is 15.8. The summed E-state index contributed by atoms with van der Waals surface area (Å²) in [5.74, 6) is -1.35. The van der Waals surface area contributed by atoms with Gasteiger partial charge in [0, 0.05) is 34.8 Å². The second-order valence-corrected chi connectivity index (χ2v) is 12.2. The maximum atomic E-state index is 16.2. The van der Waals surface area contributed by atoms with Gasteiger partial charge in [-0.1, -0.05) is 17.3 Å². The summed E-state index contributed by atoms with van der Waals surface area (Å²) in [5, 5.41) is 27.9. The molecule has 1 amide bonds. The molecule has 2 aliphatic rings. The summed E-state index contributed by atoms with van der Waals surface area (Å²) in [6, 6.07) is 12.9. The molecule has 10 heteroatoms. The lowest BCUT2D eigenvalue weighted by Gasteiger charge is -2.38. The third-order valence-corrected chi connectivity index (χ3v) is 8.46. The first-order valence-corrected chi connectivity index (χ1v) is 14.1. The molecule has 3 N–H and O–H groups in total. The average Bonchev–Trinajstić information content (AvgIpc) is 3.46. The van der Waals surface area contributed by atoms with Gasteiger partial charge < -0.3 is 15.7 Å². The molecule has 8 nitrogen and oxygen atoms in total. The Hall–Kier alpha value is -4.20. The summed E-state index contributed by atoms with van der Waals surface area (Å²) < 4.78 is 32.5. The zero-order valence-electron chi connectivity index (χ0n) is 23.7. The fourth-order valence-electron chi connectivity index (χ4n) is 6.61. The Morgan fingerprint density at radius 2 is 1.81 bits per heavy atom. The molecule has 3 heterocycles. The Labute approximate surface area is 242 Å². The minimum Gasteiger partial charge on any atom is -0.389 e. The average molecular weight is 571 g/mol. The fourth-order valence-corrected chi connectivity index (χ4v) is 6.61. The number of aromatic nitrogens is 3. The smallest absolute Gasteiger partial charge is 0.254 e. The number of fused-ring (bicyclic) bond motifs is 3. The lowest BCUT2D eigenvalue weighted by molar-refractivity contribution is 0.0571. The third kappa shape index (κ3) is 4.82. The fraction of sp³-hybridized carbons (Fsp3) is 0.375. The number of hydrogen-bond donors (Lipinski definition) is 2. The van der Waals surface area contributed by atoms with Crippen LogP contribution in [0.5, 0.6) is 0 Å². The van der Waals surface area contributed by atoms with E-state index in [0.29, 0.717) is 38.9 Å². The molecule has 3 aromatic carbocycles. The number of benzene rings is 3. The largest absolute Gasteiger partial charge is 0.389 e. The Morgan fingerprint density at radius 1 is 1.10 bits per heavy atom. The molecule has 6 rings (SSSR count). The van der Waals surface area contributed by atoms with Crippen LogP contribution in [0.25, 0.3) is 33.3 Å². The van der Waals surface area contributed by atoms with Crippen LogP contribution in [-0.2, 0) is 6.54 Å². The van der Waals surface area contributed by atoms with E-state index in [9.17, 15) is 19.6 Å². The summed E-state index contributed by atoms with van der Waals surface area (Å²) in [7, 11) is 0. The summed E-state index contributed by atoms with van der Waals surface area (Å²) in [6.45, 7) is 5.02. The number of nitrogens with zero attached hydrogens (tertiary/aromatic N) is 5.